The van der Waals surface area contributed by atoms with Crippen LogP contribution in [0.25, 0.3) is 0 Å². The van der Waals surface area contributed by atoms with Crippen LogP contribution in [0, 0.1) is 19.8 Å². The number of hydrogen-bond acceptors (Lipinski definition) is 3. The molecule has 3 heterocycles. The third kappa shape index (κ3) is 4.87. The van der Waals surface area contributed by atoms with E-state index >= 15 is 0 Å². The van der Waals surface area contributed by atoms with Gasteiger partial charge in [0.1, 0.15) is 0 Å². The summed E-state index contributed by atoms with van der Waals surface area (Å²) < 4.78 is 1.96. The monoisotopic (exact) mass is 460 g/mol. The molecule has 1 atom stereocenters. The molecule has 0 spiro atoms. The molecule has 2 fully saturated rings. The zero-order valence-electron chi connectivity index (χ0n) is 16.1. The molecular formula is C18H33IN6. The first kappa shape index (κ1) is 20.5. The van der Waals surface area contributed by atoms with Crippen LogP contribution in [0.3, 0.4) is 0 Å². The molecule has 25 heavy (non-hydrogen) atoms. The Labute approximate surface area is 169 Å². The number of likely N-dealkylation sites (tertiary alicyclic amines) is 2. The number of aliphatic imine (C=N–C) groups is 1. The molecule has 2 aliphatic rings. The predicted octanol–water partition coefficient (Wildman–Crippen LogP) is 2.15. The maximum Gasteiger partial charge on any atom is 0.193 e. The minimum Gasteiger partial charge on any atom is -0.352 e. The first-order valence-corrected chi connectivity index (χ1v) is 9.25. The van der Waals surface area contributed by atoms with Crippen molar-refractivity contribution in [2.45, 2.75) is 39.7 Å². The number of aryl methyl sites for hydroxylation is 2. The zero-order chi connectivity index (χ0) is 17.1. The number of nitrogens with zero attached hydrogens (tertiary/aromatic N) is 5. The lowest BCUT2D eigenvalue weighted by Crippen LogP contribution is -2.40. The number of guanidine groups is 1. The standard InChI is InChI=1S/C18H32N6.HI/c1-14-17(15(2)22(4)21-14)11-20-18(19-3)24-10-7-16(13-24)12-23-8-5-6-9-23;/h16H,5-13H2,1-4H3,(H,19,20);1H. The highest BCUT2D eigenvalue weighted by Gasteiger charge is 2.27. The molecule has 0 amide bonds. The molecule has 0 aromatic carbocycles. The second kappa shape index (κ2) is 9.21. The van der Waals surface area contributed by atoms with Crippen LogP contribution in [-0.2, 0) is 13.6 Å². The molecule has 1 unspecified atom stereocenters. The van der Waals surface area contributed by atoms with E-state index in [1.54, 1.807) is 0 Å². The van der Waals surface area contributed by atoms with Gasteiger partial charge in [0, 0.05) is 51.5 Å². The van der Waals surface area contributed by atoms with Crippen LogP contribution in [0.2, 0.25) is 0 Å². The Morgan fingerprint density at radius 3 is 2.56 bits per heavy atom. The summed E-state index contributed by atoms with van der Waals surface area (Å²) in [5, 5.41) is 8.04. The second-order valence-corrected chi connectivity index (χ2v) is 7.28. The van der Waals surface area contributed by atoms with Gasteiger partial charge >= 0.3 is 0 Å². The van der Waals surface area contributed by atoms with E-state index in [2.05, 4.69) is 39.1 Å². The van der Waals surface area contributed by atoms with E-state index in [4.69, 9.17) is 0 Å². The molecule has 0 bridgehead atoms. The second-order valence-electron chi connectivity index (χ2n) is 7.28. The third-order valence-corrected chi connectivity index (χ3v) is 5.59. The summed E-state index contributed by atoms with van der Waals surface area (Å²) in [7, 11) is 3.89. The van der Waals surface area contributed by atoms with Crippen molar-refractivity contribution in [1.82, 2.24) is 24.9 Å². The van der Waals surface area contributed by atoms with Crippen LogP contribution in [0.15, 0.2) is 4.99 Å². The van der Waals surface area contributed by atoms with E-state index in [-0.39, 0.29) is 24.0 Å². The minimum absolute atomic E-state index is 0. The lowest BCUT2D eigenvalue weighted by Gasteiger charge is -2.23. The quantitative estimate of drug-likeness (QED) is 0.425. The highest BCUT2D eigenvalue weighted by atomic mass is 127. The van der Waals surface area contributed by atoms with Gasteiger partial charge in [0.15, 0.2) is 5.96 Å². The average molecular weight is 460 g/mol. The molecule has 1 aromatic rings. The Morgan fingerprint density at radius 2 is 1.96 bits per heavy atom. The van der Waals surface area contributed by atoms with Crippen molar-refractivity contribution < 1.29 is 0 Å². The first-order valence-electron chi connectivity index (χ1n) is 9.25. The summed E-state index contributed by atoms with van der Waals surface area (Å²) in [5.41, 5.74) is 3.61. The molecule has 142 valence electrons. The van der Waals surface area contributed by atoms with Crippen molar-refractivity contribution >= 4 is 29.9 Å². The maximum absolute atomic E-state index is 4.51. The van der Waals surface area contributed by atoms with Gasteiger partial charge < -0.3 is 15.1 Å². The molecule has 2 saturated heterocycles. The third-order valence-electron chi connectivity index (χ3n) is 5.59. The molecule has 0 saturated carbocycles. The number of nitrogens with one attached hydrogen (secondary N) is 1. The van der Waals surface area contributed by atoms with Gasteiger partial charge in [0.25, 0.3) is 0 Å². The topological polar surface area (TPSA) is 48.7 Å². The molecule has 7 heteroatoms. The molecule has 1 aromatic heterocycles. The molecule has 1 N–H and O–H groups in total. The molecule has 0 aliphatic carbocycles. The van der Waals surface area contributed by atoms with E-state index < -0.39 is 0 Å². The molecule has 0 radical (unpaired) electrons. The summed E-state index contributed by atoms with van der Waals surface area (Å²) in [4.78, 5) is 9.56. The highest BCUT2D eigenvalue weighted by Crippen LogP contribution is 2.20. The van der Waals surface area contributed by atoms with Crippen LogP contribution in [0.1, 0.15) is 36.2 Å². The van der Waals surface area contributed by atoms with Gasteiger partial charge in [-0.15, -0.1) is 24.0 Å². The zero-order valence-corrected chi connectivity index (χ0v) is 18.4. The van der Waals surface area contributed by atoms with Crippen LogP contribution in [0.5, 0.6) is 0 Å². The van der Waals surface area contributed by atoms with Gasteiger partial charge in [-0.3, -0.25) is 9.67 Å². The van der Waals surface area contributed by atoms with E-state index in [9.17, 15) is 0 Å². The van der Waals surface area contributed by atoms with E-state index in [0.29, 0.717) is 0 Å². The summed E-state index contributed by atoms with van der Waals surface area (Å²) in [6.45, 7) is 11.1. The number of aromatic nitrogens is 2. The fourth-order valence-electron chi connectivity index (χ4n) is 4.08. The van der Waals surface area contributed by atoms with E-state index in [0.717, 1.165) is 37.2 Å². The average Bonchev–Trinajstić information content (AvgIpc) is 3.27. The molecular weight excluding hydrogens is 427 g/mol. The summed E-state index contributed by atoms with van der Waals surface area (Å²) in [6.07, 6.45) is 4.04. The molecule has 3 rings (SSSR count). The van der Waals surface area contributed by atoms with Gasteiger partial charge in [-0.2, -0.15) is 5.10 Å². The molecule has 2 aliphatic heterocycles. The summed E-state index contributed by atoms with van der Waals surface area (Å²) in [5.74, 6) is 1.81. The maximum atomic E-state index is 4.51. The lowest BCUT2D eigenvalue weighted by atomic mass is 10.1. The normalized spacial score (nSPS) is 21.7. The van der Waals surface area contributed by atoms with E-state index in [1.807, 2.05) is 18.8 Å². The Morgan fingerprint density at radius 1 is 1.24 bits per heavy atom. The fraction of sp³-hybridized carbons (Fsp3) is 0.778. The lowest BCUT2D eigenvalue weighted by molar-refractivity contribution is 0.281. The van der Waals surface area contributed by atoms with Crippen molar-refractivity contribution in [3.05, 3.63) is 17.0 Å². The first-order chi connectivity index (χ1) is 11.6. The Bertz CT molecular complexity index is 591. The van der Waals surface area contributed by atoms with Crippen molar-refractivity contribution in [3.8, 4) is 0 Å². The smallest absolute Gasteiger partial charge is 0.193 e. The Kier molecular flexibility index (Phi) is 7.54. The van der Waals surface area contributed by atoms with Crippen molar-refractivity contribution in [1.29, 1.82) is 0 Å². The largest absolute Gasteiger partial charge is 0.352 e. The van der Waals surface area contributed by atoms with Gasteiger partial charge in [0.05, 0.1) is 5.69 Å². The van der Waals surface area contributed by atoms with Crippen molar-refractivity contribution in [2.24, 2.45) is 18.0 Å². The van der Waals surface area contributed by atoms with Crippen molar-refractivity contribution in [3.63, 3.8) is 0 Å². The van der Waals surface area contributed by atoms with Gasteiger partial charge in [0.2, 0.25) is 0 Å². The van der Waals surface area contributed by atoms with Gasteiger partial charge in [-0.25, -0.2) is 0 Å². The van der Waals surface area contributed by atoms with Crippen LogP contribution < -0.4 is 5.32 Å². The van der Waals surface area contributed by atoms with Crippen LogP contribution >= 0.6 is 24.0 Å². The van der Waals surface area contributed by atoms with Crippen LogP contribution in [-0.4, -0.2) is 65.3 Å². The fourth-order valence-corrected chi connectivity index (χ4v) is 4.08. The predicted molar refractivity (Wildman–Crippen MR) is 114 cm³/mol. The molecule has 6 nitrogen and oxygen atoms in total. The Balaban J connectivity index is 0.00000225. The SMILES string of the molecule is CN=C(NCc1c(C)nn(C)c1C)N1CCC(CN2CCCC2)C1.I. The number of rotatable bonds is 4. The summed E-state index contributed by atoms with van der Waals surface area (Å²) >= 11 is 0. The van der Waals surface area contributed by atoms with E-state index in [1.165, 1.54) is 50.2 Å². The Hall–Kier alpha value is -0.830. The highest BCUT2D eigenvalue weighted by molar-refractivity contribution is 14.0. The van der Waals surface area contributed by atoms with Gasteiger partial charge in [-0.05, 0) is 52.1 Å². The van der Waals surface area contributed by atoms with Crippen LogP contribution in [0.4, 0.5) is 0 Å². The summed E-state index contributed by atoms with van der Waals surface area (Å²) in [6, 6.07) is 0. The minimum atomic E-state index is 0. The number of hydrogen-bond donors (Lipinski definition) is 1. The van der Waals surface area contributed by atoms with Crippen molar-refractivity contribution in [2.75, 3.05) is 39.8 Å². The van der Waals surface area contributed by atoms with Gasteiger partial charge in [-0.1, -0.05) is 0 Å². The number of halogens is 1.